The Bertz CT molecular complexity index is 737. The number of hydrogen-bond donors (Lipinski definition) is 2. The molecule has 0 amide bonds. The molecular formula is C12H11BrClN3O2S. The predicted molar refractivity (Wildman–Crippen MR) is 83.7 cm³/mol. The van der Waals surface area contributed by atoms with Crippen molar-refractivity contribution < 1.29 is 8.42 Å². The molecule has 0 unspecified atom stereocenters. The first kappa shape index (κ1) is 15.1. The topological polar surface area (TPSA) is 71.1 Å². The van der Waals surface area contributed by atoms with Gasteiger partial charge in [0.1, 0.15) is 4.90 Å². The largest absolute Gasteiger partial charge is 0.387 e. The number of pyridine rings is 1. The predicted octanol–water partition coefficient (Wildman–Crippen LogP) is 3.34. The molecule has 2 rings (SSSR count). The first-order chi connectivity index (χ1) is 9.44. The van der Waals surface area contributed by atoms with Gasteiger partial charge in [-0.05, 0) is 40.2 Å². The Labute approximate surface area is 130 Å². The second-order valence-corrected chi connectivity index (χ2v) is 6.79. The zero-order valence-electron chi connectivity index (χ0n) is 10.4. The van der Waals surface area contributed by atoms with E-state index >= 15 is 0 Å². The van der Waals surface area contributed by atoms with Gasteiger partial charge in [-0.25, -0.2) is 8.42 Å². The summed E-state index contributed by atoms with van der Waals surface area (Å²) in [4.78, 5) is 3.91. The number of sulfonamides is 1. The standard InChI is InChI=1S/C12H11BrClN3O2S/c1-15-10-4-5-16-7-12(10)20(18,19)17-11-6-8(14)2-3-9(11)13/h2-7,17H,1H3,(H,15,16). The number of nitrogens with one attached hydrogen (secondary N) is 2. The lowest BCUT2D eigenvalue weighted by Crippen LogP contribution is -2.15. The molecule has 0 spiro atoms. The average Bonchev–Trinajstić information content (AvgIpc) is 2.42. The molecule has 0 aliphatic heterocycles. The highest BCUT2D eigenvalue weighted by Gasteiger charge is 2.19. The Kier molecular flexibility index (Phi) is 4.52. The lowest BCUT2D eigenvalue weighted by atomic mass is 10.3. The van der Waals surface area contributed by atoms with E-state index in [2.05, 4.69) is 31.0 Å². The van der Waals surface area contributed by atoms with Crippen molar-refractivity contribution in [3.05, 3.63) is 46.2 Å². The third kappa shape index (κ3) is 3.23. The smallest absolute Gasteiger partial charge is 0.265 e. The second kappa shape index (κ2) is 5.99. The molecule has 0 saturated carbocycles. The summed E-state index contributed by atoms with van der Waals surface area (Å²) < 4.78 is 27.9. The number of nitrogens with zero attached hydrogens (tertiary/aromatic N) is 1. The number of hydrogen-bond acceptors (Lipinski definition) is 4. The van der Waals surface area contributed by atoms with Crippen LogP contribution in [0.25, 0.3) is 0 Å². The molecule has 1 aromatic carbocycles. The SMILES string of the molecule is CNc1ccncc1S(=O)(=O)Nc1cc(Cl)ccc1Br. The molecule has 106 valence electrons. The molecule has 1 aromatic heterocycles. The van der Waals surface area contributed by atoms with E-state index < -0.39 is 10.0 Å². The summed E-state index contributed by atoms with van der Waals surface area (Å²) >= 11 is 9.14. The highest BCUT2D eigenvalue weighted by Crippen LogP contribution is 2.29. The van der Waals surface area contributed by atoms with Gasteiger partial charge in [-0.2, -0.15) is 0 Å². The lowest BCUT2D eigenvalue weighted by Gasteiger charge is -2.12. The normalized spacial score (nSPS) is 11.2. The Morgan fingerprint density at radius 2 is 2.00 bits per heavy atom. The summed E-state index contributed by atoms with van der Waals surface area (Å²) in [6.45, 7) is 0. The van der Waals surface area contributed by atoms with Crippen LogP contribution in [0.2, 0.25) is 5.02 Å². The average molecular weight is 377 g/mol. The van der Waals surface area contributed by atoms with E-state index in [9.17, 15) is 8.42 Å². The van der Waals surface area contributed by atoms with Crippen LogP contribution >= 0.6 is 27.5 Å². The van der Waals surface area contributed by atoms with E-state index in [0.717, 1.165) is 0 Å². The summed E-state index contributed by atoms with van der Waals surface area (Å²) in [6, 6.07) is 6.44. The van der Waals surface area contributed by atoms with Gasteiger partial charge in [0.05, 0.1) is 11.4 Å². The van der Waals surface area contributed by atoms with Crippen LogP contribution < -0.4 is 10.0 Å². The summed E-state index contributed by atoms with van der Waals surface area (Å²) in [5.74, 6) is 0. The van der Waals surface area contributed by atoms with Gasteiger partial charge in [-0.1, -0.05) is 11.6 Å². The van der Waals surface area contributed by atoms with Crippen molar-refractivity contribution in [1.82, 2.24) is 4.98 Å². The lowest BCUT2D eigenvalue weighted by molar-refractivity contribution is 0.601. The third-order valence-corrected chi connectivity index (χ3v) is 4.84. The summed E-state index contributed by atoms with van der Waals surface area (Å²) in [7, 11) is -2.12. The zero-order chi connectivity index (χ0) is 14.8. The quantitative estimate of drug-likeness (QED) is 0.858. The van der Waals surface area contributed by atoms with Crippen molar-refractivity contribution >= 4 is 48.9 Å². The highest BCUT2D eigenvalue weighted by atomic mass is 79.9. The van der Waals surface area contributed by atoms with Gasteiger partial charge in [0.15, 0.2) is 0 Å². The molecule has 0 atom stereocenters. The van der Waals surface area contributed by atoms with Crippen LogP contribution in [-0.4, -0.2) is 20.4 Å². The van der Waals surface area contributed by atoms with Crippen LogP contribution in [0.4, 0.5) is 11.4 Å². The van der Waals surface area contributed by atoms with Crippen LogP contribution in [-0.2, 0) is 10.0 Å². The van der Waals surface area contributed by atoms with Crippen molar-refractivity contribution in [3.8, 4) is 0 Å². The molecule has 2 N–H and O–H groups in total. The van der Waals surface area contributed by atoms with E-state index in [0.29, 0.717) is 20.9 Å². The van der Waals surface area contributed by atoms with Gasteiger partial charge in [0, 0.05) is 28.9 Å². The van der Waals surface area contributed by atoms with Crippen molar-refractivity contribution in [2.75, 3.05) is 17.1 Å². The van der Waals surface area contributed by atoms with E-state index in [-0.39, 0.29) is 4.90 Å². The maximum Gasteiger partial charge on any atom is 0.265 e. The molecule has 2 aromatic rings. The minimum absolute atomic E-state index is 0.0642. The third-order valence-electron chi connectivity index (χ3n) is 2.52. The summed E-state index contributed by atoms with van der Waals surface area (Å²) in [5, 5.41) is 3.25. The molecule has 0 saturated heterocycles. The fraction of sp³-hybridized carbons (Fsp3) is 0.0833. The van der Waals surface area contributed by atoms with Crippen molar-refractivity contribution in [2.45, 2.75) is 4.90 Å². The first-order valence-corrected chi connectivity index (χ1v) is 8.19. The molecular weight excluding hydrogens is 366 g/mol. The Morgan fingerprint density at radius 1 is 1.25 bits per heavy atom. The Balaban J connectivity index is 2.43. The molecule has 0 fully saturated rings. The van der Waals surface area contributed by atoms with Crippen molar-refractivity contribution in [3.63, 3.8) is 0 Å². The van der Waals surface area contributed by atoms with Crippen LogP contribution in [0.3, 0.4) is 0 Å². The van der Waals surface area contributed by atoms with Gasteiger partial charge in [-0.15, -0.1) is 0 Å². The number of halogens is 2. The van der Waals surface area contributed by atoms with Gasteiger partial charge in [-0.3, -0.25) is 9.71 Å². The molecule has 0 bridgehead atoms. The number of rotatable bonds is 4. The van der Waals surface area contributed by atoms with Crippen LogP contribution in [0, 0.1) is 0 Å². The molecule has 1 heterocycles. The monoisotopic (exact) mass is 375 g/mol. The Morgan fingerprint density at radius 3 is 2.70 bits per heavy atom. The fourth-order valence-electron chi connectivity index (χ4n) is 1.58. The summed E-state index contributed by atoms with van der Waals surface area (Å²) in [6.07, 6.45) is 2.80. The van der Waals surface area contributed by atoms with Crippen LogP contribution in [0.15, 0.2) is 46.0 Å². The van der Waals surface area contributed by atoms with Crippen molar-refractivity contribution in [2.24, 2.45) is 0 Å². The molecule has 8 heteroatoms. The number of benzene rings is 1. The highest BCUT2D eigenvalue weighted by molar-refractivity contribution is 9.10. The van der Waals surface area contributed by atoms with Crippen LogP contribution in [0.1, 0.15) is 0 Å². The first-order valence-electron chi connectivity index (χ1n) is 5.53. The van der Waals surface area contributed by atoms with E-state index in [1.165, 1.54) is 18.5 Å². The van der Waals surface area contributed by atoms with Crippen molar-refractivity contribution in [1.29, 1.82) is 0 Å². The minimum atomic E-state index is -3.76. The molecule has 0 aliphatic carbocycles. The Hall–Kier alpha value is -1.31. The van der Waals surface area contributed by atoms with E-state index in [1.807, 2.05) is 0 Å². The second-order valence-electron chi connectivity index (χ2n) is 3.85. The van der Waals surface area contributed by atoms with Crippen LogP contribution in [0.5, 0.6) is 0 Å². The molecule has 0 aliphatic rings. The van der Waals surface area contributed by atoms with E-state index in [1.54, 1.807) is 25.2 Å². The fourth-order valence-corrected chi connectivity index (χ4v) is 3.45. The maximum absolute atomic E-state index is 12.4. The zero-order valence-corrected chi connectivity index (χ0v) is 13.6. The number of aromatic nitrogens is 1. The van der Waals surface area contributed by atoms with Gasteiger partial charge in [0.25, 0.3) is 10.0 Å². The van der Waals surface area contributed by atoms with Gasteiger partial charge in [0.2, 0.25) is 0 Å². The van der Waals surface area contributed by atoms with Gasteiger partial charge >= 0.3 is 0 Å². The van der Waals surface area contributed by atoms with E-state index in [4.69, 9.17) is 11.6 Å². The molecule has 20 heavy (non-hydrogen) atoms. The summed E-state index contributed by atoms with van der Waals surface area (Å²) in [5.41, 5.74) is 0.828. The number of anilines is 2. The maximum atomic E-state index is 12.4. The molecule has 5 nitrogen and oxygen atoms in total. The van der Waals surface area contributed by atoms with Gasteiger partial charge < -0.3 is 5.32 Å². The minimum Gasteiger partial charge on any atom is -0.387 e. The molecule has 0 radical (unpaired) electrons.